The zero-order valence-electron chi connectivity index (χ0n) is 14.1. The summed E-state index contributed by atoms with van der Waals surface area (Å²) < 4.78 is 2.04. The van der Waals surface area contributed by atoms with Crippen LogP contribution in [0.3, 0.4) is 0 Å². The van der Waals surface area contributed by atoms with Gasteiger partial charge in [0, 0.05) is 28.7 Å². The van der Waals surface area contributed by atoms with Crippen LogP contribution in [-0.4, -0.2) is 29.8 Å². The molecule has 0 spiro atoms. The third-order valence-electron chi connectivity index (χ3n) is 3.67. The number of thioether (sulfide) groups is 2. The standard InChI is InChI=1S/C19H14ClN5S2/c20-15-7-9-16(10-8-15)25-17(14-5-2-1-3-6-14)23-24-19(25)27-13-26-18-21-11-4-12-22-18/h1-12H,13H2. The number of halogens is 1. The third-order valence-corrected chi connectivity index (χ3v) is 5.85. The lowest BCUT2D eigenvalue weighted by Gasteiger charge is -2.10. The second kappa shape index (κ2) is 8.56. The van der Waals surface area contributed by atoms with E-state index in [9.17, 15) is 0 Å². The first-order valence-corrected chi connectivity index (χ1v) is 10.5. The minimum atomic E-state index is 0.694. The molecule has 0 aliphatic rings. The van der Waals surface area contributed by atoms with Crippen molar-refractivity contribution in [3.05, 3.63) is 78.1 Å². The van der Waals surface area contributed by atoms with Crippen molar-refractivity contribution in [3.63, 3.8) is 0 Å². The van der Waals surface area contributed by atoms with Crippen LogP contribution >= 0.6 is 35.1 Å². The van der Waals surface area contributed by atoms with Gasteiger partial charge in [-0.05, 0) is 30.3 Å². The van der Waals surface area contributed by atoms with E-state index >= 15 is 0 Å². The molecule has 0 saturated heterocycles. The lowest BCUT2D eigenvalue weighted by Crippen LogP contribution is -1.99. The van der Waals surface area contributed by atoms with Gasteiger partial charge >= 0.3 is 0 Å². The summed E-state index contributed by atoms with van der Waals surface area (Å²) in [4.78, 5) is 8.47. The van der Waals surface area contributed by atoms with Gasteiger partial charge in [0.15, 0.2) is 16.1 Å². The molecule has 2 heterocycles. The summed E-state index contributed by atoms with van der Waals surface area (Å²) in [6.45, 7) is 0. The van der Waals surface area contributed by atoms with Crippen LogP contribution in [0.15, 0.2) is 83.4 Å². The van der Waals surface area contributed by atoms with E-state index in [-0.39, 0.29) is 0 Å². The van der Waals surface area contributed by atoms with E-state index in [2.05, 4.69) is 20.2 Å². The van der Waals surface area contributed by atoms with E-state index in [0.29, 0.717) is 5.02 Å². The summed E-state index contributed by atoms with van der Waals surface area (Å²) in [5.74, 6) is 0.793. The molecule has 0 aliphatic carbocycles. The molecular weight excluding hydrogens is 398 g/mol. The molecule has 2 aromatic heterocycles. The fourth-order valence-corrected chi connectivity index (χ4v) is 4.35. The number of aromatic nitrogens is 5. The molecule has 5 nitrogen and oxygen atoms in total. The summed E-state index contributed by atoms with van der Waals surface area (Å²) in [5.41, 5.74) is 1.97. The van der Waals surface area contributed by atoms with Crippen LogP contribution in [-0.2, 0) is 0 Å². The van der Waals surface area contributed by atoms with Crippen LogP contribution in [0.5, 0.6) is 0 Å². The molecule has 2 aromatic carbocycles. The Morgan fingerprint density at radius 3 is 2.30 bits per heavy atom. The van der Waals surface area contributed by atoms with Crippen molar-refractivity contribution in [1.29, 1.82) is 0 Å². The van der Waals surface area contributed by atoms with Crippen molar-refractivity contribution in [3.8, 4) is 17.1 Å². The Kier molecular flexibility index (Phi) is 5.72. The summed E-state index contributed by atoms with van der Waals surface area (Å²) in [7, 11) is 0. The van der Waals surface area contributed by atoms with E-state index in [1.54, 1.807) is 42.0 Å². The van der Waals surface area contributed by atoms with E-state index in [4.69, 9.17) is 11.6 Å². The number of rotatable bonds is 6. The van der Waals surface area contributed by atoms with Crippen molar-refractivity contribution in [2.75, 3.05) is 5.08 Å². The molecule has 0 saturated carbocycles. The van der Waals surface area contributed by atoms with Gasteiger partial charge in [0.25, 0.3) is 0 Å². The normalized spacial score (nSPS) is 10.9. The summed E-state index contributed by atoms with van der Waals surface area (Å²) in [6, 6.07) is 19.5. The van der Waals surface area contributed by atoms with Gasteiger partial charge in [-0.25, -0.2) is 9.97 Å². The Balaban J connectivity index is 1.64. The lowest BCUT2D eigenvalue weighted by molar-refractivity contribution is 0.888. The zero-order valence-corrected chi connectivity index (χ0v) is 16.5. The molecule has 134 valence electrons. The summed E-state index contributed by atoms with van der Waals surface area (Å²) >= 11 is 9.22. The lowest BCUT2D eigenvalue weighted by atomic mass is 10.2. The Labute approximate surface area is 170 Å². The van der Waals surface area contributed by atoms with Crippen LogP contribution in [0.4, 0.5) is 0 Å². The van der Waals surface area contributed by atoms with Gasteiger partial charge in [-0.1, -0.05) is 65.5 Å². The first kappa shape index (κ1) is 18.0. The highest BCUT2D eigenvalue weighted by Crippen LogP contribution is 2.31. The largest absolute Gasteiger partial charge is 0.270 e. The Morgan fingerprint density at radius 2 is 1.56 bits per heavy atom. The molecule has 0 aliphatic heterocycles. The number of hydrogen-bond donors (Lipinski definition) is 0. The van der Waals surface area contributed by atoms with Gasteiger partial charge in [-0.15, -0.1) is 10.2 Å². The predicted molar refractivity (Wildman–Crippen MR) is 110 cm³/mol. The van der Waals surface area contributed by atoms with Gasteiger partial charge in [0.05, 0.1) is 5.08 Å². The first-order valence-electron chi connectivity index (χ1n) is 8.10. The Bertz CT molecular complexity index is 1010. The smallest absolute Gasteiger partial charge is 0.196 e. The molecule has 0 N–H and O–H groups in total. The zero-order chi connectivity index (χ0) is 18.5. The molecule has 0 unspecified atom stereocenters. The van der Waals surface area contributed by atoms with E-state index < -0.39 is 0 Å². The minimum Gasteiger partial charge on any atom is -0.270 e. The first-order chi connectivity index (χ1) is 13.3. The fourth-order valence-electron chi connectivity index (χ4n) is 2.46. The summed E-state index contributed by atoms with van der Waals surface area (Å²) in [5, 5.41) is 11.8. The molecule has 0 bridgehead atoms. The van der Waals surface area contributed by atoms with Crippen molar-refractivity contribution in [2.24, 2.45) is 0 Å². The maximum Gasteiger partial charge on any atom is 0.196 e. The molecule has 8 heteroatoms. The maximum atomic E-state index is 6.06. The van der Waals surface area contributed by atoms with Crippen molar-refractivity contribution in [2.45, 2.75) is 10.3 Å². The van der Waals surface area contributed by atoms with Crippen LogP contribution in [0.1, 0.15) is 0 Å². The summed E-state index contributed by atoms with van der Waals surface area (Å²) in [6.07, 6.45) is 3.48. The highest BCUT2D eigenvalue weighted by molar-refractivity contribution is 8.15. The quantitative estimate of drug-likeness (QED) is 0.246. The number of benzene rings is 2. The fraction of sp³-hybridized carbons (Fsp3) is 0.0526. The number of hydrogen-bond acceptors (Lipinski definition) is 6. The average Bonchev–Trinajstić information content (AvgIpc) is 3.14. The number of nitrogens with zero attached hydrogens (tertiary/aromatic N) is 5. The second-order valence-electron chi connectivity index (χ2n) is 5.42. The molecular formula is C19H14ClN5S2. The minimum absolute atomic E-state index is 0.694. The van der Waals surface area contributed by atoms with Crippen molar-refractivity contribution < 1.29 is 0 Å². The highest BCUT2D eigenvalue weighted by atomic mass is 35.5. The van der Waals surface area contributed by atoms with Crippen molar-refractivity contribution in [1.82, 2.24) is 24.7 Å². The SMILES string of the molecule is Clc1ccc(-n2c(SCSc3ncccn3)nnc2-c2ccccc2)cc1. The topological polar surface area (TPSA) is 56.5 Å². The average molecular weight is 412 g/mol. The third kappa shape index (κ3) is 4.32. The molecule has 4 rings (SSSR count). The van der Waals surface area contributed by atoms with Gasteiger partial charge < -0.3 is 0 Å². The van der Waals surface area contributed by atoms with Gasteiger partial charge in [-0.3, -0.25) is 4.57 Å². The van der Waals surface area contributed by atoms with Gasteiger partial charge in [0.1, 0.15) is 0 Å². The molecule has 4 aromatic rings. The van der Waals surface area contributed by atoms with Crippen molar-refractivity contribution >= 4 is 35.1 Å². The van der Waals surface area contributed by atoms with E-state index in [0.717, 1.165) is 32.5 Å². The van der Waals surface area contributed by atoms with E-state index in [1.165, 1.54) is 0 Å². The molecule has 0 atom stereocenters. The molecule has 27 heavy (non-hydrogen) atoms. The van der Waals surface area contributed by atoms with Gasteiger partial charge in [0.2, 0.25) is 0 Å². The Morgan fingerprint density at radius 1 is 0.815 bits per heavy atom. The Hall–Kier alpha value is -2.35. The van der Waals surface area contributed by atoms with Gasteiger partial charge in [-0.2, -0.15) is 0 Å². The monoisotopic (exact) mass is 411 g/mol. The molecule has 0 amide bonds. The van der Waals surface area contributed by atoms with Crippen LogP contribution in [0.25, 0.3) is 17.1 Å². The molecule has 0 radical (unpaired) electrons. The second-order valence-corrected chi connectivity index (χ2v) is 8.11. The maximum absolute atomic E-state index is 6.06. The highest BCUT2D eigenvalue weighted by Gasteiger charge is 2.16. The van der Waals surface area contributed by atoms with E-state index in [1.807, 2.05) is 59.2 Å². The van der Waals surface area contributed by atoms with Crippen LogP contribution in [0, 0.1) is 0 Å². The van der Waals surface area contributed by atoms with Crippen LogP contribution in [0.2, 0.25) is 5.02 Å². The van der Waals surface area contributed by atoms with Crippen LogP contribution < -0.4 is 0 Å². The molecule has 0 fully saturated rings. The predicted octanol–water partition coefficient (Wildman–Crippen LogP) is 5.22.